The molecule has 0 saturated carbocycles. The molecule has 6 aromatic carbocycles. The number of rotatable bonds is 12. The van der Waals surface area contributed by atoms with E-state index in [0.29, 0.717) is 12.8 Å². The first kappa shape index (κ1) is 30.3. The van der Waals surface area contributed by atoms with Crippen LogP contribution in [0.2, 0.25) is 0 Å². The van der Waals surface area contributed by atoms with Gasteiger partial charge in [-0.15, -0.1) is 0 Å². The summed E-state index contributed by atoms with van der Waals surface area (Å²) in [5, 5.41) is 16.4. The molecule has 0 heterocycles. The van der Waals surface area contributed by atoms with Crippen molar-refractivity contribution in [1.82, 2.24) is 0 Å². The third-order valence-electron chi connectivity index (χ3n) is 8.65. The van der Waals surface area contributed by atoms with Crippen LogP contribution >= 0.6 is 0 Å². The lowest BCUT2D eigenvalue weighted by Gasteiger charge is -2.37. The summed E-state index contributed by atoms with van der Waals surface area (Å²) >= 11 is 0. The fourth-order valence-electron chi connectivity index (χ4n) is 6.44. The van der Waals surface area contributed by atoms with E-state index >= 15 is 0 Å². The normalized spacial score (nSPS) is 13.0. The zero-order valence-electron chi connectivity index (χ0n) is 25.5. The van der Waals surface area contributed by atoms with Crippen LogP contribution in [-0.2, 0) is 26.3 Å². The van der Waals surface area contributed by atoms with E-state index in [1.165, 1.54) is 5.56 Å². The molecule has 45 heavy (non-hydrogen) atoms. The minimum atomic E-state index is -1.01. The molecule has 0 aliphatic rings. The quantitative estimate of drug-likeness (QED) is 0.0877. The van der Waals surface area contributed by atoms with E-state index in [0.717, 1.165) is 38.2 Å². The highest BCUT2D eigenvalue weighted by molar-refractivity contribution is 6.02. The second-order valence-electron chi connectivity index (χ2n) is 11.4. The van der Waals surface area contributed by atoms with Crippen molar-refractivity contribution in [3.63, 3.8) is 0 Å². The predicted molar refractivity (Wildman–Crippen MR) is 181 cm³/mol. The number of fused-ring (bicyclic) bond motifs is 2. The van der Waals surface area contributed by atoms with Gasteiger partial charge in [0.05, 0.1) is 19.3 Å². The summed E-state index contributed by atoms with van der Waals surface area (Å²) in [4.78, 5) is 13.5. The number of aliphatic hydroxyl groups is 1. The standard InChI is InChI=1S/C41H38O4/c1-2-44-40(43)38(39(42)27-26-37-35-24-14-12-16-30(35)28-31-17-13-15-25-36(31)37)29-45-41(32-18-6-3-7-19-32,33-20-8-4-9-21-33)34-22-10-5-11-23-34/h3-25,28,38-39,42H,2,26-27,29H2,1H3/t38-,39+/m1/s1. The summed E-state index contributed by atoms with van der Waals surface area (Å²) in [6.07, 6.45) is -0.0122. The van der Waals surface area contributed by atoms with Crippen LogP contribution in [0.3, 0.4) is 0 Å². The molecule has 0 aromatic heterocycles. The molecule has 0 aliphatic heterocycles. The number of aryl methyl sites for hydroxylation is 1. The van der Waals surface area contributed by atoms with Gasteiger partial charge in [-0.3, -0.25) is 4.79 Å². The first-order chi connectivity index (χ1) is 22.1. The SMILES string of the molecule is CCOC(=O)[C@H](COC(c1ccccc1)(c1ccccc1)c1ccccc1)[C@@H](O)CCc1c2ccccc2cc2ccccc12. The molecule has 0 bridgehead atoms. The van der Waals surface area contributed by atoms with Gasteiger partial charge in [-0.1, -0.05) is 140 Å². The average Bonchev–Trinajstić information content (AvgIpc) is 3.10. The molecule has 0 radical (unpaired) electrons. The van der Waals surface area contributed by atoms with Crippen molar-refractivity contribution in [1.29, 1.82) is 0 Å². The molecular weight excluding hydrogens is 556 g/mol. The lowest BCUT2D eigenvalue weighted by Crippen LogP contribution is -2.40. The van der Waals surface area contributed by atoms with Crippen LogP contribution in [0.1, 0.15) is 35.6 Å². The first-order valence-electron chi connectivity index (χ1n) is 15.7. The molecule has 0 saturated heterocycles. The monoisotopic (exact) mass is 594 g/mol. The Bertz CT molecular complexity index is 1700. The highest BCUT2D eigenvalue weighted by Gasteiger charge is 2.40. The molecule has 4 nitrogen and oxygen atoms in total. The Morgan fingerprint density at radius 3 is 1.58 bits per heavy atom. The molecule has 6 aromatic rings. The van der Waals surface area contributed by atoms with Crippen molar-refractivity contribution in [3.8, 4) is 0 Å². The molecule has 4 heteroatoms. The number of hydrogen-bond donors (Lipinski definition) is 1. The van der Waals surface area contributed by atoms with E-state index in [-0.39, 0.29) is 13.2 Å². The lowest BCUT2D eigenvalue weighted by atomic mass is 9.80. The average molecular weight is 595 g/mol. The van der Waals surface area contributed by atoms with Gasteiger partial charge in [0.2, 0.25) is 0 Å². The van der Waals surface area contributed by atoms with Gasteiger partial charge in [-0.05, 0) is 69.6 Å². The van der Waals surface area contributed by atoms with Gasteiger partial charge in [-0.25, -0.2) is 0 Å². The Balaban J connectivity index is 1.35. The van der Waals surface area contributed by atoms with Gasteiger partial charge in [-0.2, -0.15) is 0 Å². The van der Waals surface area contributed by atoms with E-state index in [9.17, 15) is 9.90 Å². The van der Waals surface area contributed by atoms with Crippen molar-refractivity contribution in [2.75, 3.05) is 13.2 Å². The Hall–Kier alpha value is -4.77. The van der Waals surface area contributed by atoms with Crippen molar-refractivity contribution < 1.29 is 19.4 Å². The van der Waals surface area contributed by atoms with Crippen LogP contribution in [0.5, 0.6) is 0 Å². The maximum atomic E-state index is 13.5. The van der Waals surface area contributed by atoms with Gasteiger partial charge in [0.1, 0.15) is 11.5 Å². The number of esters is 1. The number of ether oxygens (including phenoxy) is 2. The fraction of sp³-hybridized carbons (Fsp3) is 0.195. The third-order valence-corrected chi connectivity index (χ3v) is 8.65. The summed E-state index contributed by atoms with van der Waals surface area (Å²) < 4.78 is 12.5. The molecule has 0 aliphatic carbocycles. The highest BCUT2D eigenvalue weighted by Crippen LogP contribution is 2.41. The van der Waals surface area contributed by atoms with E-state index in [4.69, 9.17) is 9.47 Å². The number of carbonyl (C=O) groups is 1. The molecular formula is C41H38O4. The number of benzene rings is 6. The maximum Gasteiger partial charge on any atom is 0.313 e. The van der Waals surface area contributed by atoms with Gasteiger partial charge in [0, 0.05) is 0 Å². The van der Waals surface area contributed by atoms with Gasteiger partial charge >= 0.3 is 5.97 Å². The van der Waals surface area contributed by atoms with Crippen LogP contribution in [0.15, 0.2) is 146 Å². The number of carbonyl (C=O) groups excluding carboxylic acids is 1. The Morgan fingerprint density at radius 1 is 0.667 bits per heavy atom. The molecule has 0 unspecified atom stereocenters. The van der Waals surface area contributed by atoms with Gasteiger partial charge < -0.3 is 14.6 Å². The van der Waals surface area contributed by atoms with Crippen LogP contribution in [0.4, 0.5) is 0 Å². The second kappa shape index (κ2) is 13.9. The lowest BCUT2D eigenvalue weighted by molar-refractivity contribution is -0.157. The van der Waals surface area contributed by atoms with Gasteiger partial charge in [0.25, 0.3) is 0 Å². The van der Waals surface area contributed by atoms with E-state index < -0.39 is 23.6 Å². The van der Waals surface area contributed by atoms with Gasteiger partial charge in [0.15, 0.2) is 0 Å². The Labute approximate surface area is 264 Å². The Kier molecular flexibility index (Phi) is 9.35. The maximum absolute atomic E-state index is 13.5. The van der Waals surface area contributed by atoms with Crippen LogP contribution < -0.4 is 0 Å². The molecule has 226 valence electrons. The van der Waals surface area contributed by atoms with Crippen molar-refractivity contribution in [2.24, 2.45) is 5.92 Å². The molecule has 6 rings (SSSR count). The predicted octanol–water partition coefficient (Wildman–Crippen LogP) is 8.47. The molecule has 2 atom stereocenters. The summed E-state index contributed by atoms with van der Waals surface area (Å²) in [6.45, 7) is 1.97. The zero-order valence-corrected chi connectivity index (χ0v) is 25.5. The zero-order chi connectivity index (χ0) is 31.1. The van der Waals surface area contributed by atoms with Crippen molar-refractivity contribution in [3.05, 3.63) is 168 Å². The first-order valence-corrected chi connectivity index (χ1v) is 15.7. The number of hydrogen-bond acceptors (Lipinski definition) is 4. The highest BCUT2D eigenvalue weighted by atomic mass is 16.5. The Morgan fingerprint density at radius 2 is 1.11 bits per heavy atom. The molecule has 0 amide bonds. The molecule has 0 spiro atoms. The smallest absolute Gasteiger partial charge is 0.313 e. The van der Waals surface area contributed by atoms with E-state index in [1.54, 1.807) is 6.92 Å². The van der Waals surface area contributed by atoms with Crippen LogP contribution in [-0.4, -0.2) is 30.4 Å². The largest absolute Gasteiger partial charge is 0.466 e. The summed E-state index contributed by atoms with van der Waals surface area (Å²) in [5.74, 6) is -1.35. The summed E-state index contributed by atoms with van der Waals surface area (Å²) in [7, 11) is 0. The van der Waals surface area contributed by atoms with Crippen LogP contribution in [0.25, 0.3) is 21.5 Å². The summed E-state index contributed by atoms with van der Waals surface area (Å²) in [5.41, 5.74) is 2.95. The minimum Gasteiger partial charge on any atom is -0.466 e. The summed E-state index contributed by atoms with van der Waals surface area (Å²) in [6, 6.07) is 49.0. The molecule has 1 N–H and O–H groups in total. The van der Waals surface area contributed by atoms with Crippen molar-refractivity contribution in [2.45, 2.75) is 31.5 Å². The van der Waals surface area contributed by atoms with E-state index in [2.05, 4.69) is 30.3 Å². The third kappa shape index (κ3) is 6.26. The number of aliphatic hydroxyl groups excluding tert-OH is 1. The topological polar surface area (TPSA) is 55.8 Å². The second-order valence-corrected chi connectivity index (χ2v) is 11.4. The van der Waals surface area contributed by atoms with E-state index in [1.807, 2.05) is 115 Å². The fourth-order valence-corrected chi connectivity index (χ4v) is 6.44. The minimum absolute atomic E-state index is 0.0328. The van der Waals surface area contributed by atoms with Crippen LogP contribution in [0, 0.1) is 5.92 Å². The van der Waals surface area contributed by atoms with Crippen molar-refractivity contribution >= 4 is 27.5 Å². The molecule has 0 fully saturated rings.